The fraction of sp³-hybridized carbons (Fsp3) is 0.524. The summed E-state index contributed by atoms with van der Waals surface area (Å²) in [6, 6.07) is 9.95. The summed E-state index contributed by atoms with van der Waals surface area (Å²) in [6.45, 7) is 4.14. The second kappa shape index (κ2) is 8.29. The van der Waals surface area contributed by atoms with E-state index in [9.17, 15) is 4.79 Å². The molecule has 2 fully saturated rings. The summed E-state index contributed by atoms with van der Waals surface area (Å²) in [5.41, 5.74) is 7.93. The number of likely N-dealkylation sites (N-methyl/N-ethyl adjacent to an activating group) is 1. The van der Waals surface area contributed by atoms with Gasteiger partial charge in [-0.2, -0.15) is 0 Å². The van der Waals surface area contributed by atoms with Gasteiger partial charge in [0.2, 0.25) is 0 Å². The van der Waals surface area contributed by atoms with Gasteiger partial charge in [0.15, 0.2) is 0 Å². The Bertz CT molecular complexity index is 802. The van der Waals surface area contributed by atoms with Gasteiger partial charge in [0, 0.05) is 31.6 Å². The van der Waals surface area contributed by atoms with Crippen molar-refractivity contribution in [3.63, 3.8) is 0 Å². The lowest BCUT2D eigenvalue weighted by Gasteiger charge is -2.46. The third kappa shape index (κ3) is 4.27. The lowest BCUT2D eigenvalue weighted by molar-refractivity contribution is -0.127. The largest absolute Gasteiger partial charge is 0.372 e. The van der Waals surface area contributed by atoms with Crippen LogP contribution in [0, 0.1) is 0 Å². The summed E-state index contributed by atoms with van der Waals surface area (Å²) in [5.74, 6) is 0.00780. The number of piperidine rings is 1. The maximum Gasteiger partial charge on any atom is 0.273 e. The summed E-state index contributed by atoms with van der Waals surface area (Å²) in [6.07, 6.45) is 2.49. The number of nitrogens with two attached hydrogens (primary N) is 1. The van der Waals surface area contributed by atoms with Crippen LogP contribution in [0.2, 0.25) is 0 Å². The molecule has 2 aliphatic heterocycles. The van der Waals surface area contributed by atoms with Gasteiger partial charge in [-0.15, -0.1) is 11.3 Å². The summed E-state index contributed by atoms with van der Waals surface area (Å²) in [5, 5.41) is 2.66. The number of carbonyl (C=O) groups is 1. The molecular weight excluding hydrogens is 372 g/mol. The average Bonchev–Trinajstić information content (AvgIpc) is 3.19. The fourth-order valence-corrected chi connectivity index (χ4v) is 4.92. The first-order valence-corrected chi connectivity index (χ1v) is 10.8. The Balaban J connectivity index is 1.36. The molecular formula is C21H28N4O2S. The van der Waals surface area contributed by atoms with E-state index in [1.807, 2.05) is 28.5 Å². The highest BCUT2D eigenvalue weighted by molar-refractivity contribution is 7.09. The molecule has 0 bridgehead atoms. The molecule has 1 amide bonds. The number of nitrogens with zero attached hydrogens (tertiary/aromatic N) is 3. The molecule has 28 heavy (non-hydrogen) atoms. The van der Waals surface area contributed by atoms with Crippen molar-refractivity contribution in [2.24, 2.45) is 5.73 Å². The number of thiazole rings is 1. The average molecular weight is 401 g/mol. The molecule has 1 spiro atoms. The highest BCUT2D eigenvalue weighted by atomic mass is 32.1. The molecule has 2 N–H and O–H groups in total. The van der Waals surface area contributed by atoms with Gasteiger partial charge in [0.1, 0.15) is 10.7 Å². The molecule has 1 aromatic heterocycles. The van der Waals surface area contributed by atoms with E-state index in [0.29, 0.717) is 5.69 Å². The molecule has 3 heterocycles. The van der Waals surface area contributed by atoms with Crippen LogP contribution in [0.15, 0.2) is 35.7 Å². The number of hydrogen-bond acceptors (Lipinski definition) is 6. The number of likely N-dealkylation sites (tertiary alicyclic amines) is 1. The minimum atomic E-state index is -0.190. The zero-order chi connectivity index (χ0) is 19.6. The summed E-state index contributed by atoms with van der Waals surface area (Å²) >= 11 is 1.48. The van der Waals surface area contributed by atoms with E-state index in [4.69, 9.17) is 10.5 Å². The van der Waals surface area contributed by atoms with E-state index in [1.165, 1.54) is 16.9 Å². The molecule has 6 nitrogen and oxygen atoms in total. The molecule has 0 radical (unpaired) electrons. The van der Waals surface area contributed by atoms with Gasteiger partial charge in [-0.1, -0.05) is 30.3 Å². The predicted molar refractivity (Wildman–Crippen MR) is 111 cm³/mol. The number of rotatable bonds is 4. The third-order valence-electron chi connectivity index (χ3n) is 5.76. The van der Waals surface area contributed by atoms with E-state index < -0.39 is 0 Å². The molecule has 4 rings (SSSR count). The molecule has 150 valence electrons. The number of carbonyl (C=O) groups excluding carboxylic acids is 1. The standard InChI is InChI=1S/C21H28N4O2S/c1-24-11-12-27-21(15-24)7-9-25(10-8-21)20(26)18-14-28-19(23-18)17(22)13-16-5-3-2-4-6-16/h2-6,14,17H,7-13,15,22H2,1H3/t17-/m0/s1. The van der Waals surface area contributed by atoms with Crippen LogP contribution >= 0.6 is 11.3 Å². The Hall–Kier alpha value is -1.80. The molecule has 1 atom stereocenters. The normalized spacial score (nSPS) is 21.0. The smallest absolute Gasteiger partial charge is 0.273 e. The van der Waals surface area contributed by atoms with Gasteiger partial charge in [-0.3, -0.25) is 4.79 Å². The second-order valence-electron chi connectivity index (χ2n) is 7.93. The lowest BCUT2D eigenvalue weighted by atomic mass is 9.89. The van der Waals surface area contributed by atoms with Crippen molar-refractivity contribution in [1.82, 2.24) is 14.8 Å². The van der Waals surface area contributed by atoms with Crippen molar-refractivity contribution < 1.29 is 9.53 Å². The van der Waals surface area contributed by atoms with Crippen molar-refractivity contribution in [3.05, 3.63) is 52.0 Å². The summed E-state index contributed by atoms with van der Waals surface area (Å²) in [7, 11) is 2.14. The minimum Gasteiger partial charge on any atom is -0.372 e. The van der Waals surface area contributed by atoms with Crippen LogP contribution in [0.5, 0.6) is 0 Å². The number of hydrogen-bond donors (Lipinski definition) is 1. The maximum absolute atomic E-state index is 12.9. The third-order valence-corrected chi connectivity index (χ3v) is 6.73. The van der Waals surface area contributed by atoms with Crippen molar-refractivity contribution in [2.75, 3.05) is 39.8 Å². The van der Waals surface area contributed by atoms with Gasteiger partial charge in [-0.05, 0) is 31.9 Å². The molecule has 7 heteroatoms. The molecule has 0 saturated carbocycles. The first-order chi connectivity index (χ1) is 13.5. The van der Waals surface area contributed by atoms with Crippen LogP contribution in [0.3, 0.4) is 0 Å². The van der Waals surface area contributed by atoms with E-state index in [-0.39, 0.29) is 17.6 Å². The second-order valence-corrected chi connectivity index (χ2v) is 8.82. The quantitative estimate of drug-likeness (QED) is 0.853. The Morgan fingerprint density at radius 2 is 2.04 bits per heavy atom. The number of amides is 1. The SMILES string of the molecule is CN1CCOC2(CCN(C(=O)c3csc([C@@H](N)Cc4ccccc4)n3)CC2)C1. The first-order valence-electron chi connectivity index (χ1n) is 9.91. The number of morpholine rings is 1. The van der Waals surface area contributed by atoms with Gasteiger partial charge < -0.3 is 20.3 Å². The van der Waals surface area contributed by atoms with Crippen LogP contribution in [0.4, 0.5) is 0 Å². The summed E-state index contributed by atoms with van der Waals surface area (Å²) < 4.78 is 6.09. The van der Waals surface area contributed by atoms with Gasteiger partial charge >= 0.3 is 0 Å². The Kier molecular flexibility index (Phi) is 5.78. The molecule has 2 aliphatic rings. The summed E-state index contributed by atoms with van der Waals surface area (Å²) in [4.78, 5) is 21.7. The lowest BCUT2D eigenvalue weighted by Crippen LogP contribution is -2.56. The van der Waals surface area contributed by atoms with E-state index in [2.05, 4.69) is 29.1 Å². The number of ether oxygens (including phenoxy) is 1. The zero-order valence-corrected chi connectivity index (χ0v) is 17.2. The maximum atomic E-state index is 12.9. The monoisotopic (exact) mass is 400 g/mol. The van der Waals surface area contributed by atoms with Crippen molar-refractivity contribution >= 4 is 17.2 Å². The minimum absolute atomic E-state index is 0.00780. The van der Waals surface area contributed by atoms with Crippen LogP contribution in [0.1, 0.15) is 39.9 Å². The van der Waals surface area contributed by atoms with Gasteiger partial charge in [-0.25, -0.2) is 4.98 Å². The van der Waals surface area contributed by atoms with E-state index >= 15 is 0 Å². The first kappa shape index (κ1) is 19.5. The van der Waals surface area contributed by atoms with E-state index in [0.717, 1.165) is 57.1 Å². The molecule has 2 aromatic rings. The van der Waals surface area contributed by atoms with Gasteiger partial charge in [0.25, 0.3) is 5.91 Å². The van der Waals surface area contributed by atoms with Crippen molar-refractivity contribution in [1.29, 1.82) is 0 Å². The van der Waals surface area contributed by atoms with Crippen LogP contribution in [-0.4, -0.2) is 66.1 Å². The van der Waals surface area contributed by atoms with Gasteiger partial charge in [0.05, 0.1) is 18.2 Å². The molecule has 2 saturated heterocycles. The Morgan fingerprint density at radius 3 is 2.75 bits per heavy atom. The number of aromatic nitrogens is 1. The molecule has 0 unspecified atom stereocenters. The highest BCUT2D eigenvalue weighted by Gasteiger charge is 2.40. The topological polar surface area (TPSA) is 71.7 Å². The predicted octanol–water partition coefficient (Wildman–Crippen LogP) is 2.32. The highest BCUT2D eigenvalue weighted by Crippen LogP contribution is 2.30. The Labute approximate surface area is 170 Å². The van der Waals surface area contributed by atoms with Crippen molar-refractivity contribution in [3.8, 4) is 0 Å². The fourth-order valence-electron chi connectivity index (χ4n) is 4.13. The zero-order valence-electron chi connectivity index (χ0n) is 16.3. The molecule has 1 aromatic carbocycles. The Morgan fingerprint density at radius 1 is 1.29 bits per heavy atom. The van der Waals surface area contributed by atoms with Crippen LogP contribution < -0.4 is 5.73 Å². The van der Waals surface area contributed by atoms with Crippen molar-refractivity contribution in [2.45, 2.75) is 30.9 Å². The van der Waals surface area contributed by atoms with Crippen LogP contribution in [-0.2, 0) is 11.2 Å². The van der Waals surface area contributed by atoms with E-state index in [1.54, 1.807) is 0 Å². The van der Waals surface area contributed by atoms with Crippen LogP contribution in [0.25, 0.3) is 0 Å². The molecule has 0 aliphatic carbocycles. The number of benzene rings is 1.